The molecule has 2 heterocycles. The first-order valence-corrected chi connectivity index (χ1v) is 11.8. The summed E-state index contributed by atoms with van der Waals surface area (Å²) in [6, 6.07) is -2.42. The molecule has 13 N–H and O–H groups in total. The molecule has 0 bridgehead atoms. The topological polar surface area (TPSA) is 248 Å². The van der Waals surface area contributed by atoms with E-state index in [-0.39, 0.29) is 12.1 Å². The number of nitrogens with two attached hydrogens (primary N) is 3. The summed E-state index contributed by atoms with van der Waals surface area (Å²) in [4.78, 5) is 0. The number of hydrogen-bond donors (Lipinski definition) is 10. The Morgan fingerprint density at radius 1 is 0.943 bits per heavy atom. The lowest BCUT2D eigenvalue weighted by Gasteiger charge is -2.48. The van der Waals surface area contributed by atoms with Gasteiger partial charge >= 0.3 is 0 Å². The zero-order valence-electron chi connectivity index (χ0n) is 19.7. The van der Waals surface area contributed by atoms with Crippen molar-refractivity contribution in [1.29, 1.82) is 0 Å². The fourth-order valence-electron chi connectivity index (χ4n) is 4.70. The quantitative estimate of drug-likeness (QED) is 0.140. The molecule has 2 aliphatic heterocycles. The van der Waals surface area contributed by atoms with E-state index in [4.69, 9.17) is 36.1 Å². The van der Waals surface area contributed by atoms with Crippen LogP contribution in [0.1, 0.15) is 19.8 Å². The molecule has 1 saturated carbocycles. The predicted octanol–water partition coefficient (Wildman–Crippen LogP) is -5.10. The molecular weight excluding hydrogens is 468 g/mol. The molecule has 0 aromatic heterocycles. The summed E-state index contributed by atoms with van der Waals surface area (Å²) in [5.74, 6) is 0. The van der Waals surface area contributed by atoms with Gasteiger partial charge in [0.1, 0.15) is 48.8 Å². The van der Waals surface area contributed by atoms with E-state index in [9.17, 15) is 30.6 Å². The van der Waals surface area contributed by atoms with Crippen LogP contribution in [-0.2, 0) is 18.9 Å². The van der Waals surface area contributed by atoms with Crippen LogP contribution < -0.4 is 22.5 Å². The van der Waals surface area contributed by atoms with Crippen molar-refractivity contribution in [2.24, 2.45) is 17.2 Å². The van der Waals surface area contributed by atoms with E-state index >= 15 is 0 Å². The van der Waals surface area contributed by atoms with Crippen LogP contribution in [0.25, 0.3) is 0 Å². The van der Waals surface area contributed by atoms with Gasteiger partial charge in [-0.3, -0.25) is 0 Å². The standard InChI is InChI=1S/C21H40N4O10/c1-3-4-25-9-5-8(23)18(34-20-11(24)14(29)13(28)10(6-26)32-20)19(12(9)27)35-21-16(31)15(30)17(33-21)7(2)22/h8-21,25-31H,2-6,22-24H2,1H3/t8?,9?,10?,11?,12-,13-,14?,15?,16?,17-,18-,19?,20-,21+/m1/s1. The normalized spacial score (nSPS) is 48.7. The highest BCUT2D eigenvalue weighted by molar-refractivity contribution is 5.07. The van der Waals surface area contributed by atoms with Crippen LogP contribution in [0.5, 0.6) is 0 Å². The second kappa shape index (κ2) is 12.0. The number of aliphatic hydroxyl groups is 6. The summed E-state index contributed by atoms with van der Waals surface area (Å²) in [5, 5.41) is 64.9. The summed E-state index contributed by atoms with van der Waals surface area (Å²) < 4.78 is 23.0. The molecule has 35 heavy (non-hydrogen) atoms. The third kappa shape index (κ3) is 5.96. The highest BCUT2D eigenvalue weighted by atomic mass is 16.7. The molecule has 0 aromatic carbocycles. The van der Waals surface area contributed by atoms with Crippen LogP contribution in [-0.4, -0.2) is 129 Å². The summed E-state index contributed by atoms with van der Waals surface area (Å²) in [6.07, 6.45) is -13.1. The van der Waals surface area contributed by atoms with E-state index in [2.05, 4.69) is 11.9 Å². The van der Waals surface area contributed by atoms with Gasteiger partial charge in [0.2, 0.25) is 0 Å². The van der Waals surface area contributed by atoms with E-state index in [1.54, 1.807) is 0 Å². The third-order valence-electron chi connectivity index (χ3n) is 6.77. The van der Waals surface area contributed by atoms with Crippen molar-refractivity contribution in [3.05, 3.63) is 12.3 Å². The van der Waals surface area contributed by atoms with Gasteiger partial charge < -0.3 is 72.1 Å². The molecule has 1 aliphatic carbocycles. The van der Waals surface area contributed by atoms with E-state index in [0.717, 1.165) is 6.42 Å². The van der Waals surface area contributed by atoms with E-state index in [1.165, 1.54) is 0 Å². The number of aliphatic hydroxyl groups excluding tert-OH is 6. The van der Waals surface area contributed by atoms with Gasteiger partial charge in [0.05, 0.1) is 18.8 Å². The minimum Gasteiger partial charge on any atom is -0.400 e. The Labute approximate surface area is 203 Å². The van der Waals surface area contributed by atoms with Gasteiger partial charge in [0.15, 0.2) is 12.6 Å². The highest BCUT2D eigenvalue weighted by Gasteiger charge is 2.52. The molecule has 204 valence electrons. The Morgan fingerprint density at radius 2 is 1.60 bits per heavy atom. The number of hydrogen-bond acceptors (Lipinski definition) is 14. The maximum atomic E-state index is 11.2. The van der Waals surface area contributed by atoms with Gasteiger partial charge in [-0.15, -0.1) is 0 Å². The molecular formula is C21H40N4O10. The zero-order valence-corrected chi connectivity index (χ0v) is 19.7. The van der Waals surface area contributed by atoms with Gasteiger partial charge in [-0.2, -0.15) is 0 Å². The average Bonchev–Trinajstić information content (AvgIpc) is 3.11. The molecule has 0 radical (unpaired) electrons. The smallest absolute Gasteiger partial charge is 0.187 e. The predicted molar refractivity (Wildman–Crippen MR) is 120 cm³/mol. The Bertz CT molecular complexity index is 705. The molecule has 3 rings (SSSR count). The molecule has 14 atom stereocenters. The highest BCUT2D eigenvalue weighted by Crippen LogP contribution is 2.33. The first kappa shape index (κ1) is 28.6. The lowest BCUT2D eigenvalue weighted by molar-refractivity contribution is -0.310. The van der Waals surface area contributed by atoms with Gasteiger partial charge in [-0.05, 0) is 19.4 Å². The fraction of sp³-hybridized carbons (Fsp3) is 0.905. The Hall–Kier alpha value is -0.980. The molecule has 14 nitrogen and oxygen atoms in total. The number of nitrogens with one attached hydrogen (secondary N) is 1. The van der Waals surface area contributed by atoms with Crippen LogP contribution >= 0.6 is 0 Å². The molecule has 0 aromatic rings. The van der Waals surface area contributed by atoms with Crippen molar-refractivity contribution in [1.82, 2.24) is 5.32 Å². The SMILES string of the molecule is C=C(N)[C@H]1O[C@@H](OC2[C@H](O)C(NCCC)CC(N)[C@H]2O[C@H]2OC(CO)[C@@H](O)C(O)C2N)C(O)C1O. The molecule has 0 spiro atoms. The van der Waals surface area contributed by atoms with Crippen molar-refractivity contribution in [3.63, 3.8) is 0 Å². The van der Waals surface area contributed by atoms with E-state index in [0.29, 0.717) is 6.54 Å². The van der Waals surface area contributed by atoms with E-state index < -0.39 is 92.2 Å². The van der Waals surface area contributed by atoms with Crippen LogP contribution in [0, 0.1) is 0 Å². The Balaban J connectivity index is 1.83. The van der Waals surface area contributed by atoms with Crippen LogP contribution in [0.2, 0.25) is 0 Å². The van der Waals surface area contributed by atoms with Gasteiger partial charge in [-0.1, -0.05) is 13.5 Å². The Morgan fingerprint density at radius 3 is 2.17 bits per heavy atom. The summed E-state index contributed by atoms with van der Waals surface area (Å²) in [6.45, 7) is 5.49. The van der Waals surface area contributed by atoms with Gasteiger partial charge in [0.25, 0.3) is 0 Å². The average molecular weight is 509 g/mol. The second-order valence-corrected chi connectivity index (χ2v) is 9.42. The third-order valence-corrected chi connectivity index (χ3v) is 6.77. The first-order valence-electron chi connectivity index (χ1n) is 11.8. The fourth-order valence-corrected chi connectivity index (χ4v) is 4.70. The van der Waals surface area contributed by atoms with Crippen LogP contribution in [0.3, 0.4) is 0 Å². The zero-order chi connectivity index (χ0) is 26.0. The number of ether oxygens (including phenoxy) is 4. The monoisotopic (exact) mass is 508 g/mol. The summed E-state index contributed by atoms with van der Waals surface area (Å²) >= 11 is 0. The largest absolute Gasteiger partial charge is 0.400 e. The molecule has 2 saturated heterocycles. The molecule has 14 heteroatoms. The van der Waals surface area contributed by atoms with Crippen LogP contribution in [0.4, 0.5) is 0 Å². The summed E-state index contributed by atoms with van der Waals surface area (Å²) in [5.41, 5.74) is 18.0. The Kier molecular flexibility index (Phi) is 9.84. The van der Waals surface area contributed by atoms with Crippen molar-refractivity contribution >= 4 is 0 Å². The van der Waals surface area contributed by atoms with Crippen molar-refractivity contribution in [3.8, 4) is 0 Å². The summed E-state index contributed by atoms with van der Waals surface area (Å²) in [7, 11) is 0. The maximum Gasteiger partial charge on any atom is 0.187 e. The van der Waals surface area contributed by atoms with E-state index in [1.807, 2.05) is 6.92 Å². The molecule has 0 amide bonds. The van der Waals surface area contributed by atoms with Gasteiger partial charge in [-0.25, -0.2) is 0 Å². The minimum absolute atomic E-state index is 0.0111. The first-order chi connectivity index (χ1) is 16.5. The van der Waals surface area contributed by atoms with Crippen LogP contribution in [0.15, 0.2) is 12.3 Å². The van der Waals surface area contributed by atoms with Crippen molar-refractivity contribution < 1.29 is 49.6 Å². The lowest BCUT2D eigenvalue weighted by atomic mass is 9.83. The van der Waals surface area contributed by atoms with Crippen molar-refractivity contribution in [2.75, 3.05) is 13.2 Å². The van der Waals surface area contributed by atoms with Crippen molar-refractivity contribution in [2.45, 2.75) is 105 Å². The second-order valence-electron chi connectivity index (χ2n) is 9.42. The maximum absolute atomic E-state index is 11.2. The molecule has 3 fully saturated rings. The minimum atomic E-state index is -1.50. The van der Waals surface area contributed by atoms with Gasteiger partial charge in [0, 0.05) is 17.8 Å². The molecule has 8 unspecified atom stereocenters. The lowest BCUT2D eigenvalue weighted by Crippen LogP contribution is -2.68. The number of rotatable bonds is 9. The molecule has 3 aliphatic rings.